The molecule has 1 aliphatic carbocycles. The zero-order valence-electron chi connectivity index (χ0n) is 18.3. The summed E-state index contributed by atoms with van der Waals surface area (Å²) in [5.41, 5.74) is -2.18. The minimum absolute atomic E-state index is 0.101. The van der Waals surface area contributed by atoms with Gasteiger partial charge < -0.3 is 20.7 Å². The molecule has 1 unspecified atom stereocenters. The Balaban J connectivity index is 1.72. The van der Waals surface area contributed by atoms with Gasteiger partial charge in [0, 0.05) is 5.69 Å². The summed E-state index contributed by atoms with van der Waals surface area (Å²) >= 11 is 17.7. The quantitative estimate of drug-likeness (QED) is 0.248. The molecule has 1 atom stereocenters. The van der Waals surface area contributed by atoms with Gasteiger partial charge in [-0.15, -0.1) is 23.2 Å². The maximum Gasteiger partial charge on any atom is 0.482 e. The van der Waals surface area contributed by atoms with Crippen LogP contribution in [0.3, 0.4) is 0 Å². The summed E-state index contributed by atoms with van der Waals surface area (Å²) < 4.78 is 92.8. The molecule has 3 N–H and O–H groups in total. The van der Waals surface area contributed by atoms with Crippen molar-refractivity contribution in [2.45, 2.75) is 23.0 Å². The molecule has 0 aromatic heterocycles. The molecule has 206 valence electrons. The van der Waals surface area contributed by atoms with E-state index in [1.807, 2.05) is 5.32 Å². The van der Waals surface area contributed by atoms with Gasteiger partial charge in [0.05, 0.1) is 22.2 Å². The van der Waals surface area contributed by atoms with Gasteiger partial charge in [-0.25, -0.2) is 8.78 Å². The summed E-state index contributed by atoms with van der Waals surface area (Å²) in [5, 5.41) is 5.83. The van der Waals surface area contributed by atoms with E-state index in [0.717, 1.165) is 12.1 Å². The first-order valence-corrected chi connectivity index (χ1v) is 11.2. The molecule has 0 saturated heterocycles. The zero-order valence-corrected chi connectivity index (χ0v) is 20.6. The smallest absolute Gasteiger partial charge is 0.326 e. The van der Waals surface area contributed by atoms with Crippen LogP contribution in [0.25, 0.3) is 0 Å². The van der Waals surface area contributed by atoms with Crippen LogP contribution >= 0.6 is 34.8 Å². The Morgan fingerprint density at radius 3 is 2.21 bits per heavy atom. The lowest BCUT2D eigenvalue weighted by molar-refractivity contribution is -0.388. The van der Waals surface area contributed by atoms with Crippen LogP contribution in [0.2, 0.25) is 5.02 Å². The summed E-state index contributed by atoms with van der Waals surface area (Å²) in [6, 6.07) is 5.01. The average Bonchev–Trinajstić information content (AvgIpc) is 3.46. The molecule has 2 aromatic rings. The summed E-state index contributed by atoms with van der Waals surface area (Å²) in [4.78, 5) is 36.5. The van der Waals surface area contributed by atoms with Gasteiger partial charge in [-0.05, 0) is 36.8 Å². The van der Waals surface area contributed by atoms with Crippen LogP contribution in [0.5, 0.6) is 0 Å². The summed E-state index contributed by atoms with van der Waals surface area (Å²) in [5.74, 6) is -7.10. The van der Waals surface area contributed by atoms with E-state index in [0.29, 0.717) is 6.07 Å². The highest BCUT2D eigenvalue weighted by molar-refractivity contribution is 6.52. The number of amides is 3. The van der Waals surface area contributed by atoms with Crippen molar-refractivity contribution in [1.82, 2.24) is 0 Å². The summed E-state index contributed by atoms with van der Waals surface area (Å²) in [6.07, 6.45) is -11.6. The Hall–Kier alpha value is -2.81. The Labute approximate surface area is 223 Å². The zero-order chi connectivity index (χ0) is 28.6. The van der Waals surface area contributed by atoms with Gasteiger partial charge in [-0.3, -0.25) is 14.4 Å². The van der Waals surface area contributed by atoms with Gasteiger partial charge >= 0.3 is 12.3 Å². The molecule has 0 spiro atoms. The standard InChI is InChI=1S/C21H13Cl3F7N3O4/c22-11-2-1-8(32-18(37)10-6-19(10,23)24)5-9(11)17(36)33-13-4-3-12(25)16(15(13)26)34-14(35)7-38-21(30,31)20(27,28)29/h1-5,10H,6-7H2,(H,32,37)(H,33,36)(H,34,35). The van der Waals surface area contributed by atoms with E-state index < -0.39 is 69.9 Å². The van der Waals surface area contributed by atoms with E-state index in [4.69, 9.17) is 34.8 Å². The normalized spacial score (nSPS) is 16.5. The lowest BCUT2D eigenvalue weighted by atomic mass is 10.1. The molecule has 0 bridgehead atoms. The Morgan fingerprint density at radius 2 is 1.63 bits per heavy atom. The number of ether oxygens (including phenoxy) is 1. The number of hydrogen-bond donors (Lipinski definition) is 3. The van der Waals surface area contributed by atoms with Crippen molar-refractivity contribution in [3.63, 3.8) is 0 Å². The molecule has 17 heteroatoms. The number of benzene rings is 2. The molecule has 0 radical (unpaired) electrons. The fourth-order valence-electron chi connectivity index (χ4n) is 2.87. The van der Waals surface area contributed by atoms with E-state index in [1.165, 1.54) is 17.4 Å². The number of anilines is 3. The number of carbonyl (C=O) groups excluding carboxylic acids is 3. The highest BCUT2D eigenvalue weighted by Crippen LogP contribution is 2.53. The second kappa shape index (κ2) is 10.8. The highest BCUT2D eigenvalue weighted by atomic mass is 35.5. The van der Waals surface area contributed by atoms with Gasteiger partial charge in [-0.1, -0.05) is 11.6 Å². The fourth-order valence-corrected chi connectivity index (χ4v) is 3.58. The number of nitrogens with one attached hydrogen (secondary N) is 3. The SMILES string of the molecule is O=C(COC(F)(F)C(F)(F)F)Nc1c(F)ccc(NC(=O)c2cc(NC(=O)C3CC3(Cl)Cl)ccc2Cl)c1F. The topological polar surface area (TPSA) is 96.5 Å². The van der Waals surface area contributed by atoms with Gasteiger partial charge in [-0.2, -0.15) is 22.0 Å². The van der Waals surface area contributed by atoms with Gasteiger partial charge in [0.2, 0.25) is 5.91 Å². The third kappa shape index (κ3) is 6.79. The predicted octanol–water partition coefficient (Wildman–Crippen LogP) is 6.11. The van der Waals surface area contributed by atoms with Crippen LogP contribution in [-0.2, 0) is 14.3 Å². The number of hydrogen-bond acceptors (Lipinski definition) is 4. The Bertz CT molecular complexity index is 1290. The third-order valence-corrected chi connectivity index (χ3v) is 6.10. The molecule has 0 heterocycles. The molecule has 3 amide bonds. The van der Waals surface area contributed by atoms with Crippen LogP contribution < -0.4 is 16.0 Å². The van der Waals surface area contributed by atoms with Crippen LogP contribution in [0.1, 0.15) is 16.8 Å². The van der Waals surface area contributed by atoms with Crippen LogP contribution in [0.4, 0.5) is 47.8 Å². The van der Waals surface area contributed by atoms with Gasteiger partial charge in [0.25, 0.3) is 11.8 Å². The number of halogens is 10. The predicted molar refractivity (Wildman–Crippen MR) is 123 cm³/mol. The first-order valence-electron chi connectivity index (χ1n) is 10.1. The van der Waals surface area contributed by atoms with Crippen molar-refractivity contribution in [3.05, 3.63) is 52.6 Å². The second-order valence-corrected chi connectivity index (χ2v) is 9.74. The first kappa shape index (κ1) is 29.7. The number of carbonyl (C=O) groups is 3. The van der Waals surface area contributed by atoms with Crippen molar-refractivity contribution in [2.75, 3.05) is 22.6 Å². The highest BCUT2D eigenvalue weighted by Gasteiger charge is 2.59. The molecule has 3 rings (SSSR count). The van der Waals surface area contributed by atoms with Gasteiger partial charge in [0.15, 0.2) is 5.82 Å². The second-order valence-electron chi connectivity index (χ2n) is 7.79. The molecular formula is C21H13Cl3F7N3O4. The lowest BCUT2D eigenvalue weighted by Gasteiger charge is -2.19. The molecule has 1 aliphatic rings. The molecule has 2 aromatic carbocycles. The van der Waals surface area contributed by atoms with Gasteiger partial charge in [0.1, 0.15) is 22.4 Å². The molecule has 0 aliphatic heterocycles. The maximum atomic E-state index is 14.8. The maximum absolute atomic E-state index is 14.8. The lowest BCUT2D eigenvalue weighted by Crippen LogP contribution is -2.41. The molecule has 7 nitrogen and oxygen atoms in total. The van der Waals surface area contributed by atoms with E-state index >= 15 is 0 Å². The van der Waals surface area contributed by atoms with Crippen LogP contribution in [-0.4, -0.2) is 40.9 Å². The number of rotatable bonds is 8. The molecule has 1 saturated carbocycles. The third-order valence-electron chi connectivity index (χ3n) is 4.94. The molecular weight excluding hydrogens is 598 g/mol. The Morgan fingerprint density at radius 1 is 1.00 bits per heavy atom. The van der Waals surface area contributed by atoms with Crippen molar-refractivity contribution in [2.24, 2.45) is 5.92 Å². The molecule has 38 heavy (non-hydrogen) atoms. The number of alkyl halides is 7. The van der Waals surface area contributed by atoms with Crippen LogP contribution in [0, 0.1) is 17.6 Å². The summed E-state index contributed by atoms with van der Waals surface area (Å²) in [7, 11) is 0. The Kier molecular flexibility index (Phi) is 8.41. The van der Waals surface area contributed by atoms with Crippen LogP contribution in [0.15, 0.2) is 30.3 Å². The van der Waals surface area contributed by atoms with Crippen molar-refractivity contribution < 1.29 is 49.9 Å². The van der Waals surface area contributed by atoms with E-state index in [2.05, 4.69) is 10.1 Å². The van der Waals surface area contributed by atoms with E-state index in [-0.39, 0.29) is 22.7 Å². The van der Waals surface area contributed by atoms with E-state index in [1.54, 1.807) is 0 Å². The first-order chi connectivity index (χ1) is 17.4. The minimum atomic E-state index is -6.13. The minimum Gasteiger partial charge on any atom is -0.326 e. The monoisotopic (exact) mass is 609 g/mol. The fraction of sp³-hybridized carbons (Fsp3) is 0.286. The van der Waals surface area contributed by atoms with E-state index in [9.17, 15) is 45.1 Å². The van der Waals surface area contributed by atoms with Crippen molar-refractivity contribution in [3.8, 4) is 0 Å². The van der Waals surface area contributed by atoms with Crippen molar-refractivity contribution >= 4 is 69.6 Å². The van der Waals surface area contributed by atoms with Crippen molar-refractivity contribution in [1.29, 1.82) is 0 Å². The molecule has 1 fully saturated rings. The average molecular weight is 611 g/mol. The summed E-state index contributed by atoms with van der Waals surface area (Å²) in [6.45, 7) is -1.91. The largest absolute Gasteiger partial charge is 0.482 e.